The summed E-state index contributed by atoms with van der Waals surface area (Å²) in [4.78, 5) is 3.86. The van der Waals surface area contributed by atoms with Crippen molar-refractivity contribution in [2.75, 3.05) is 0 Å². The van der Waals surface area contributed by atoms with E-state index in [-0.39, 0.29) is 5.82 Å². The molecule has 0 bridgehead atoms. The van der Waals surface area contributed by atoms with Crippen molar-refractivity contribution in [2.24, 2.45) is 0 Å². The molecular weight excluding hydrogens is 241 g/mol. The zero-order valence-corrected chi connectivity index (χ0v) is 10.2. The van der Waals surface area contributed by atoms with E-state index in [4.69, 9.17) is 0 Å². The number of rotatable bonds is 3. The lowest BCUT2D eigenvalue weighted by Gasteiger charge is -2.07. The van der Waals surface area contributed by atoms with E-state index < -0.39 is 0 Å². The fourth-order valence-electron chi connectivity index (χ4n) is 1.99. The number of benzene rings is 2. The van der Waals surface area contributed by atoms with Gasteiger partial charge in [-0.25, -0.2) is 14.1 Å². The summed E-state index contributed by atoms with van der Waals surface area (Å²) in [6.45, 7) is 0.381. The van der Waals surface area contributed by atoms with Crippen molar-refractivity contribution in [1.29, 1.82) is 0 Å². The molecule has 3 rings (SSSR count). The van der Waals surface area contributed by atoms with Gasteiger partial charge in [0.15, 0.2) is 0 Å². The van der Waals surface area contributed by atoms with Crippen LogP contribution < -0.4 is 0 Å². The monoisotopic (exact) mass is 253 g/mol. The first kappa shape index (κ1) is 11.6. The van der Waals surface area contributed by atoms with Crippen molar-refractivity contribution in [1.82, 2.24) is 14.8 Å². The minimum absolute atomic E-state index is 0.227. The number of nitrogens with zero attached hydrogens (tertiary/aromatic N) is 3. The average molecular weight is 253 g/mol. The van der Waals surface area contributed by atoms with Crippen molar-refractivity contribution >= 4 is 0 Å². The maximum Gasteiger partial charge on any atom is 0.137 e. The van der Waals surface area contributed by atoms with E-state index >= 15 is 0 Å². The largest absolute Gasteiger partial charge is 0.248 e. The first-order chi connectivity index (χ1) is 9.33. The predicted octanol–water partition coefficient (Wildman–Crippen LogP) is 3.13. The minimum atomic E-state index is -0.227. The van der Waals surface area contributed by atoms with E-state index in [0.29, 0.717) is 12.1 Å². The van der Waals surface area contributed by atoms with E-state index in [2.05, 4.69) is 10.1 Å². The third-order valence-corrected chi connectivity index (χ3v) is 2.95. The summed E-state index contributed by atoms with van der Waals surface area (Å²) in [5.41, 5.74) is 2.67. The fourth-order valence-corrected chi connectivity index (χ4v) is 1.99. The highest BCUT2D eigenvalue weighted by Gasteiger charge is 2.06. The molecule has 1 heterocycles. The molecule has 2 aromatic carbocycles. The first-order valence-electron chi connectivity index (χ1n) is 5.99. The molecule has 0 aliphatic heterocycles. The highest BCUT2D eigenvalue weighted by atomic mass is 19.1. The first-order valence-corrected chi connectivity index (χ1v) is 5.99. The summed E-state index contributed by atoms with van der Waals surface area (Å²) in [7, 11) is 0. The smallest absolute Gasteiger partial charge is 0.137 e. The Morgan fingerprint density at radius 2 is 1.84 bits per heavy atom. The zero-order valence-electron chi connectivity index (χ0n) is 10.2. The van der Waals surface area contributed by atoms with Crippen LogP contribution in [-0.2, 0) is 6.54 Å². The lowest BCUT2D eigenvalue weighted by molar-refractivity contribution is 0.585. The third-order valence-electron chi connectivity index (χ3n) is 2.95. The predicted molar refractivity (Wildman–Crippen MR) is 71.0 cm³/mol. The van der Waals surface area contributed by atoms with Crippen LogP contribution in [0.3, 0.4) is 0 Å². The van der Waals surface area contributed by atoms with E-state index in [1.807, 2.05) is 36.4 Å². The molecule has 0 spiro atoms. The lowest BCUT2D eigenvalue weighted by Crippen LogP contribution is -2.02. The van der Waals surface area contributed by atoms with E-state index in [9.17, 15) is 4.39 Å². The van der Waals surface area contributed by atoms with Gasteiger partial charge in [0.1, 0.15) is 18.5 Å². The van der Waals surface area contributed by atoms with Crippen molar-refractivity contribution < 1.29 is 4.39 Å². The van der Waals surface area contributed by atoms with Gasteiger partial charge in [0.25, 0.3) is 0 Å². The molecule has 1 aromatic heterocycles. The van der Waals surface area contributed by atoms with Gasteiger partial charge in [-0.15, -0.1) is 0 Å². The molecular formula is C15H12FN3. The van der Waals surface area contributed by atoms with Crippen LogP contribution in [0, 0.1) is 5.82 Å². The maximum absolute atomic E-state index is 13.8. The highest BCUT2D eigenvalue weighted by Crippen LogP contribution is 2.22. The Balaban J connectivity index is 1.97. The number of aromatic nitrogens is 3. The maximum atomic E-state index is 13.8. The molecule has 3 nitrogen and oxygen atoms in total. The van der Waals surface area contributed by atoms with Gasteiger partial charge in [-0.05, 0) is 23.3 Å². The fraction of sp³-hybridized carbons (Fsp3) is 0.0667. The molecule has 0 unspecified atom stereocenters. The quantitative estimate of drug-likeness (QED) is 0.718. The minimum Gasteiger partial charge on any atom is -0.248 e. The van der Waals surface area contributed by atoms with Crippen LogP contribution in [0.25, 0.3) is 11.1 Å². The van der Waals surface area contributed by atoms with Crippen LogP contribution in [0.5, 0.6) is 0 Å². The molecule has 0 saturated carbocycles. The highest BCUT2D eigenvalue weighted by molar-refractivity contribution is 5.64. The van der Waals surface area contributed by atoms with Crippen molar-refractivity contribution in [3.8, 4) is 11.1 Å². The van der Waals surface area contributed by atoms with Gasteiger partial charge in [0.2, 0.25) is 0 Å². The molecule has 4 heteroatoms. The topological polar surface area (TPSA) is 30.7 Å². The van der Waals surface area contributed by atoms with Gasteiger partial charge in [-0.3, -0.25) is 0 Å². The van der Waals surface area contributed by atoms with E-state index in [1.165, 1.54) is 12.4 Å². The summed E-state index contributed by atoms with van der Waals surface area (Å²) >= 11 is 0. The van der Waals surface area contributed by atoms with E-state index in [1.54, 1.807) is 17.1 Å². The van der Waals surface area contributed by atoms with Gasteiger partial charge in [-0.1, -0.05) is 36.4 Å². The normalized spacial score (nSPS) is 10.6. The van der Waals surface area contributed by atoms with Crippen LogP contribution in [-0.4, -0.2) is 14.8 Å². The van der Waals surface area contributed by atoms with Crippen molar-refractivity contribution in [3.05, 3.63) is 72.6 Å². The van der Waals surface area contributed by atoms with Gasteiger partial charge in [-0.2, -0.15) is 5.10 Å². The Morgan fingerprint density at radius 3 is 2.58 bits per heavy atom. The van der Waals surface area contributed by atoms with Crippen molar-refractivity contribution in [3.63, 3.8) is 0 Å². The van der Waals surface area contributed by atoms with Crippen LogP contribution in [0.2, 0.25) is 0 Å². The average Bonchev–Trinajstić information content (AvgIpc) is 2.95. The summed E-state index contributed by atoms with van der Waals surface area (Å²) in [6.07, 6.45) is 3.02. The molecule has 0 amide bonds. The molecule has 0 aliphatic carbocycles. The molecule has 0 atom stereocenters. The Kier molecular flexibility index (Phi) is 3.06. The van der Waals surface area contributed by atoms with Crippen LogP contribution in [0.1, 0.15) is 5.56 Å². The van der Waals surface area contributed by atoms with Gasteiger partial charge < -0.3 is 0 Å². The zero-order chi connectivity index (χ0) is 13.1. The van der Waals surface area contributed by atoms with Gasteiger partial charge in [0.05, 0.1) is 6.54 Å². The number of halogens is 1. The number of hydrogen-bond donors (Lipinski definition) is 0. The Morgan fingerprint density at radius 1 is 1.00 bits per heavy atom. The SMILES string of the molecule is Fc1ccc(-c2ccccc2)cc1Cn1cncn1. The summed E-state index contributed by atoms with van der Waals surface area (Å²) in [6, 6.07) is 15.0. The molecule has 19 heavy (non-hydrogen) atoms. The molecule has 0 aliphatic rings. The summed E-state index contributed by atoms with van der Waals surface area (Å²) in [5.74, 6) is -0.227. The lowest BCUT2D eigenvalue weighted by atomic mass is 10.0. The molecule has 0 saturated heterocycles. The van der Waals surface area contributed by atoms with E-state index in [0.717, 1.165) is 11.1 Å². The second kappa shape index (κ2) is 5.02. The third kappa shape index (κ3) is 2.52. The number of hydrogen-bond acceptors (Lipinski definition) is 2. The molecule has 94 valence electrons. The Hall–Kier alpha value is -2.49. The molecule has 0 fully saturated rings. The second-order valence-electron chi connectivity index (χ2n) is 4.27. The second-order valence-corrected chi connectivity index (χ2v) is 4.27. The van der Waals surface area contributed by atoms with Crippen LogP contribution in [0.15, 0.2) is 61.2 Å². The van der Waals surface area contributed by atoms with Crippen LogP contribution in [0.4, 0.5) is 4.39 Å². The van der Waals surface area contributed by atoms with Crippen LogP contribution >= 0.6 is 0 Å². The molecule has 3 aromatic rings. The van der Waals surface area contributed by atoms with Gasteiger partial charge in [0, 0.05) is 5.56 Å². The van der Waals surface area contributed by atoms with Gasteiger partial charge >= 0.3 is 0 Å². The van der Waals surface area contributed by atoms with Crippen molar-refractivity contribution in [2.45, 2.75) is 6.54 Å². The molecule has 0 radical (unpaired) electrons. The standard InChI is InChI=1S/C15H12FN3/c16-15-7-6-13(12-4-2-1-3-5-12)8-14(15)9-19-11-17-10-18-19/h1-8,10-11H,9H2. The molecule has 0 N–H and O–H groups in total. The summed E-state index contributed by atoms with van der Waals surface area (Å²) < 4.78 is 15.4. The summed E-state index contributed by atoms with van der Waals surface area (Å²) in [5, 5.41) is 3.99. The Labute approximate surface area is 110 Å². The Bertz CT molecular complexity index is 663.